The van der Waals surface area contributed by atoms with Gasteiger partial charge in [0.2, 0.25) is 11.9 Å². The summed E-state index contributed by atoms with van der Waals surface area (Å²) >= 11 is 12.3. The van der Waals surface area contributed by atoms with Crippen molar-refractivity contribution in [3.63, 3.8) is 0 Å². The Morgan fingerprint density at radius 1 is 0.857 bits per heavy atom. The monoisotopic (exact) mass is 511 g/mol. The van der Waals surface area contributed by atoms with Crippen molar-refractivity contribution in [2.45, 2.75) is 13.1 Å². The summed E-state index contributed by atoms with van der Waals surface area (Å²) in [6, 6.07) is 19.9. The highest BCUT2D eigenvalue weighted by Gasteiger charge is 2.20. The molecule has 1 aromatic heterocycles. The SMILES string of the molecule is COc1ccc(CNc2nc(NCc3ccc(OC)cc3)n(C(=O)c3ccc(Cl)cc3Cl)n2)cc1. The van der Waals surface area contributed by atoms with Gasteiger partial charge in [-0.05, 0) is 53.6 Å². The maximum absolute atomic E-state index is 13.3. The fraction of sp³-hybridized carbons (Fsp3) is 0.160. The van der Waals surface area contributed by atoms with Crippen molar-refractivity contribution in [3.05, 3.63) is 93.5 Å². The van der Waals surface area contributed by atoms with Crippen molar-refractivity contribution < 1.29 is 14.3 Å². The number of anilines is 2. The Morgan fingerprint density at radius 2 is 1.43 bits per heavy atom. The van der Waals surface area contributed by atoms with Gasteiger partial charge < -0.3 is 20.1 Å². The Morgan fingerprint density at radius 3 is 1.97 bits per heavy atom. The van der Waals surface area contributed by atoms with Crippen LogP contribution in [0, 0.1) is 0 Å². The normalized spacial score (nSPS) is 10.6. The van der Waals surface area contributed by atoms with E-state index in [2.05, 4.69) is 20.7 Å². The van der Waals surface area contributed by atoms with Gasteiger partial charge in [0.1, 0.15) is 11.5 Å². The third-order valence-electron chi connectivity index (χ3n) is 5.18. The van der Waals surface area contributed by atoms with Gasteiger partial charge in [-0.3, -0.25) is 4.79 Å². The molecule has 4 rings (SSSR count). The summed E-state index contributed by atoms with van der Waals surface area (Å²) in [6.45, 7) is 0.879. The molecule has 180 valence electrons. The minimum Gasteiger partial charge on any atom is -0.497 e. The molecule has 0 bridgehead atoms. The Labute approximate surface area is 212 Å². The van der Waals surface area contributed by atoms with Crippen molar-refractivity contribution in [1.82, 2.24) is 14.8 Å². The van der Waals surface area contributed by atoms with Crippen LogP contribution in [0.1, 0.15) is 21.5 Å². The molecule has 0 radical (unpaired) electrons. The van der Waals surface area contributed by atoms with Crippen LogP contribution < -0.4 is 20.1 Å². The number of nitrogens with one attached hydrogen (secondary N) is 2. The van der Waals surface area contributed by atoms with Gasteiger partial charge >= 0.3 is 0 Å². The van der Waals surface area contributed by atoms with Crippen molar-refractivity contribution >= 4 is 41.0 Å². The van der Waals surface area contributed by atoms with Crippen LogP contribution in [0.5, 0.6) is 11.5 Å². The van der Waals surface area contributed by atoms with Crippen molar-refractivity contribution in [1.29, 1.82) is 0 Å². The second-order valence-corrected chi connectivity index (χ2v) is 8.35. The molecule has 10 heteroatoms. The predicted molar refractivity (Wildman–Crippen MR) is 137 cm³/mol. The lowest BCUT2D eigenvalue weighted by molar-refractivity contribution is 0.0947. The Balaban J connectivity index is 1.57. The van der Waals surface area contributed by atoms with Crippen LogP contribution in [-0.4, -0.2) is 34.9 Å². The van der Waals surface area contributed by atoms with Gasteiger partial charge in [0.05, 0.1) is 24.8 Å². The van der Waals surface area contributed by atoms with E-state index in [-0.39, 0.29) is 22.5 Å². The number of hydrogen-bond donors (Lipinski definition) is 2. The summed E-state index contributed by atoms with van der Waals surface area (Å²) in [4.78, 5) is 17.8. The summed E-state index contributed by atoms with van der Waals surface area (Å²) in [5.74, 6) is 1.65. The summed E-state index contributed by atoms with van der Waals surface area (Å²) in [7, 11) is 3.23. The molecule has 0 aliphatic carbocycles. The molecule has 0 aliphatic rings. The van der Waals surface area contributed by atoms with Gasteiger partial charge in [-0.25, -0.2) is 0 Å². The zero-order valence-corrected chi connectivity index (χ0v) is 20.6. The molecular formula is C25H23Cl2N5O3. The maximum atomic E-state index is 13.3. The molecule has 2 N–H and O–H groups in total. The first-order chi connectivity index (χ1) is 17.0. The minimum atomic E-state index is -0.436. The summed E-state index contributed by atoms with van der Waals surface area (Å²) in [5.41, 5.74) is 2.24. The first-order valence-electron chi connectivity index (χ1n) is 10.7. The topological polar surface area (TPSA) is 90.3 Å². The highest BCUT2D eigenvalue weighted by atomic mass is 35.5. The number of methoxy groups -OCH3 is 2. The van der Waals surface area contributed by atoms with Gasteiger partial charge in [-0.1, -0.05) is 47.5 Å². The van der Waals surface area contributed by atoms with Crippen LogP contribution in [0.15, 0.2) is 66.7 Å². The highest BCUT2D eigenvalue weighted by Crippen LogP contribution is 2.24. The van der Waals surface area contributed by atoms with Crippen LogP contribution in [0.3, 0.4) is 0 Å². The number of halogens is 2. The van der Waals surface area contributed by atoms with E-state index in [4.69, 9.17) is 32.7 Å². The van der Waals surface area contributed by atoms with E-state index in [0.29, 0.717) is 18.1 Å². The minimum absolute atomic E-state index is 0.229. The van der Waals surface area contributed by atoms with Crippen LogP contribution in [0.4, 0.5) is 11.9 Å². The fourth-order valence-electron chi connectivity index (χ4n) is 3.27. The molecule has 1 heterocycles. The number of carbonyl (C=O) groups excluding carboxylic acids is 1. The molecule has 4 aromatic rings. The van der Waals surface area contributed by atoms with E-state index in [0.717, 1.165) is 22.6 Å². The van der Waals surface area contributed by atoms with E-state index in [1.165, 1.54) is 10.7 Å². The smallest absolute Gasteiger partial charge is 0.282 e. The standard InChI is InChI=1S/C25H23Cl2N5O3/c1-34-19-8-3-16(4-9-19)14-28-24-30-25(29-15-17-5-10-20(35-2)11-6-17)32(31-24)23(33)21-12-7-18(26)13-22(21)27/h3-13H,14-15H2,1-2H3,(H2,28,29,30,31). The maximum Gasteiger partial charge on any atom is 0.282 e. The molecule has 0 spiro atoms. The predicted octanol–water partition coefficient (Wildman–Crippen LogP) is 5.51. The molecule has 0 unspecified atom stereocenters. The van der Waals surface area contributed by atoms with E-state index >= 15 is 0 Å². The lowest BCUT2D eigenvalue weighted by atomic mass is 10.2. The molecule has 8 nitrogen and oxygen atoms in total. The third-order valence-corrected chi connectivity index (χ3v) is 5.73. The first-order valence-corrected chi connectivity index (χ1v) is 11.4. The number of rotatable bonds is 9. The van der Waals surface area contributed by atoms with Crippen LogP contribution >= 0.6 is 23.2 Å². The number of benzene rings is 3. The molecule has 3 aromatic carbocycles. The first kappa shape index (κ1) is 24.4. The molecule has 0 fully saturated rings. The van der Waals surface area contributed by atoms with E-state index < -0.39 is 5.91 Å². The highest BCUT2D eigenvalue weighted by molar-refractivity contribution is 6.36. The van der Waals surface area contributed by atoms with E-state index in [9.17, 15) is 4.79 Å². The van der Waals surface area contributed by atoms with Crippen molar-refractivity contribution in [2.24, 2.45) is 0 Å². The number of ether oxygens (including phenoxy) is 2. The van der Waals surface area contributed by atoms with Crippen molar-refractivity contribution in [2.75, 3.05) is 24.9 Å². The zero-order chi connectivity index (χ0) is 24.8. The number of carbonyl (C=O) groups is 1. The lowest BCUT2D eigenvalue weighted by Gasteiger charge is -2.09. The van der Waals surface area contributed by atoms with Crippen LogP contribution in [-0.2, 0) is 13.1 Å². The van der Waals surface area contributed by atoms with Crippen molar-refractivity contribution in [3.8, 4) is 11.5 Å². The molecule has 0 aliphatic heterocycles. The average molecular weight is 512 g/mol. The Bertz CT molecular complexity index is 1310. The lowest BCUT2D eigenvalue weighted by Crippen LogP contribution is -2.18. The fourth-order valence-corrected chi connectivity index (χ4v) is 3.76. The molecule has 0 amide bonds. The molecule has 35 heavy (non-hydrogen) atoms. The summed E-state index contributed by atoms with van der Waals surface area (Å²) < 4.78 is 11.6. The Hall–Kier alpha value is -3.75. The molecule has 0 saturated carbocycles. The second kappa shape index (κ2) is 11.1. The van der Waals surface area contributed by atoms with Gasteiger partial charge in [0.25, 0.3) is 5.91 Å². The van der Waals surface area contributed by atoms with E-state index in [1.807, 2.05) is 48.5 Å². The van der Waals surface area contributed by atoms with E-state index in [1.54, 1.807) is 26.4 Å². The summed E-state index contributed by atoms with van der Waals surface area (Å²) in [6.07, 6.45) is 0. The van der Waals surface area contributed by atoms with Gasteiger partial charge in [-0.2, -0.15) is 9.67 Å². The quantitative estimate of drug-likeness (QED) is 0.306. The van der Waals surface area contributed by atoms with Crippen LogP contribution in [0.2, 0.25) is 10.0 Å². The van der Waals surface area contributed by atoms with Gasteiger partial charge in [-0.15, -0.1) is 5.10 Å². The molecule has 0 atom stereocenters. The largest absolute Gasteiger partial charge is 0.497 e. The Kier molecular flexibility index (Phi) is 7.74. The van der Waals surface area contributed by atoms with Crippen LogP contribution in [0.25, 0.3) is 0 Å². The number of hydrogen-bond acceptors (Lipinski definition) is 7. The second-order valence-electron chi connectivity index (χ2n) is 7.50. The number of nitrogens with zero attached hydrogens (tertiary/aromatic N) is 3. The summed E-state index contributed by atoms with van der Waals surface area (Å²) in [5, 5.41) is 11.4. The molecular weight excluding hydrogens is 489 g/mol. The number of aromatic nitrogens is 3. The third kappa shape index (κ3) is 6.03. The average Bonchev–Trinajstić information content (AvgIpc) is 3.29. The zero-order valence-electron chi connectivity index (χ0n) is 19.1. The van der Waals surface area contributed by atoms with Gasteiger partial charge in [0.15, 0.2) is 0 Å². The molecule has 0 saturated heterocycles. The van der Waals surface area contributed by atoms with Gasteiger partial charge in [0, 0.05) is 18.1 Å².